The maximum absolute atomic E-state index is 13.6. The lowest BCUT2D eigenvalue weighted by Gasteiger charge is -2.23. The van der Waals surface area contributed by atoms with Gasteiger partial charge in [-0.3, -0.25) is 9.36 Å². The Morgan fingerprint density at radius 2 is 2.06 bits per heavy atom. The van der Waals surface area contributed by atoms with Crippen LogP contribution in [-0.2, 0) is 24.1 Å². The number of quaternary nitrogens is 1. The van der Waals surface area contributed by atoms with Crippen molar-refractivity contribution in [3.05, 3.63) is 45.0 Å². The second-order valence-electron chi connectivity index (χ2n) is 8.54. The van der Waals surface area contributed by atoms with Crippen LogP contribution in [0.5, 0.6) is 0 Å². The van der Waals surface area contributed by atoms with E-state index in [1.54, 1.807) is 27.1 Å². The molecule has 3 aromatic heterocycles. The molecule has 8 heteroatoms. The highest BCUT2D eigenvalue weighted by atomic mass is 32.1. The van der Waals surface area contributed by atoms with Crippen LogP contribution in [0, 0.1) is 0 Å². The van der Waals surface area contributed by atoms with Gasteiger partial charge in [-0.05, 0) is 43.4 Å². The summed E-state index contributed by atoms with van der Waals surface area (Å²) in [4.78, 5) is 22.4. The van der Waals surface area contributed by atoms with Crippen molar-refractivity contribution in [2.24, 2.45) is 0 Å². The number of nitrogens with zero attached hydrogens (tertiary/aromatic N) is 2. The van der Waals surface area contributed by atoms with Gasteiger partial charge in [0, 0.05) is 17.8 Å². The maximum atomic E-state index is 13.6. The zero-order valence-electron chi connectivity index (χ0n) is 18.0. The fraction of sp³-hybridized carbons (Fsp3) is 0.565. The molecule has 0 saturated carbocycles. The molecule has 1 aliphatic heterocycles. The van der Waals surface area contributed by atoms with Crippen LogP contribution in [0.1, 0.15) is 41.9 Å². The van der Waals surface area contributed by atoms with E-state index in [2.05, 4.69) is 5.32 Å². The van der Waals surface area contributed by atoms with E-state index in [1.165, 1.54) is 23.3 Å². The first kappa shape index (κ1) is 20.7. The van der Waals surface area contributed by atoms with Crippen LogP contribution >= 0.6 is 11.3 Å². The van der Waals surface area contributed by atoms with Crippen LogP contribution in [0.3, 0.4) is 0 Å². The van der Waals surface area contributed by atoms with Crippen molar-refractivity contribution in [2.75, 3.05) is 44.7 Å². The van der Waals surface area contributed by atoms with E-state index in [0.29, 0.717) is 12.5 Å². The first-order valence-electron chi connectivity index (χ1n) is 11.5. The summed E-state index contributed by atoms with van der Waals surface area (Å²) >= 11 is 1.71. The molecule has 0 bridgehead atoms. The van der Waals surface area contributed by atoms with Crippen molar-refractivity contribution in [1.82, 2.24) is 9.55 Å². The molecule has 7 nitrogen and oxygen atoms in total. The third-order valence-electron chi connectivity index (χ3n) is 6.41. The van der Waals surface area contributed by atoms with E-state index < -0.39 is 0 Å². The Bertz CT molecular complexity index is 1070. The number of rotatable bonds is 7. The molecule has 166 valence electrons. The molecule has 0 radical (unpaired) electrons. The molecule has 0 spiro atoms. The van der Waals surface area contributed by atoms with Crippen LogP contribution < -0.4 is 15.8 Å². The average molecular weight is 444 g/mol. The smallest absolute Gasteiger partial charge is 0.264 e. The molecule has 1 saturated heterocycles. The Morgan fingerprint density at radius 1 is 1.19 bits per heavy atom. The fourth-order valence-electron chi connectivity index (χ4n) is 4.70. The van der Waals surface area contributed by atoms with Gasteiger partial charge < -0.3 is 19.4 Å². The number of anilines is 1. The SMILES string of the molecule is O=c1c2c3c(sc2nc(NCCC[NH+]2CCOCC2)n1Cc1ccco1)CCCCC3. The molecule has 0 aromatic carbocycles. The standard InChI is InChI=1S/C23H30N4O3S/c28-22-20-18-7-2-1-3-8-19(18)31-21(20)25-23(27(22)16-17-6-4-13-30-17)24-9-5-10-26-11-14-29-15-12-26/h4,6,13H,1-3,5,7-12,14-16H2,(H,24,25)/p+1. The van der Waals surface area contributed by atoms with E-state index in [-0.39, 0.29) is 5.56 Å². The van der Waals surface area contributed by atoms with E-state index in [1.807, 2.05) is 12.1 Å². The second-order valence-corrected chi connectivity index (χ2v) is 9.63. The van der Waals surface area contributed by atoms with Crippen molar-refractivity contribution >= 4 is 27.5 Å². The lowest BCUT2D eigenvalue weighted by molar-refractivity contribution is -0.908. The fourth-order valence-corrected chi connectivity index (χ4v) is 5.96. The first-order valence-corrected chi connectivity index (χ1v) is 12.3. The molecular weight excluding hydrogens is 412 g/mol. The van der Waals surface area contributed by atoms with E-state index in [0.717, 1.165) is 81.1 Å². The summed E-state index contributed by atoms with van der Waals surface area (Å²) in [7, 11) is 0. The number of hydrogen-bond acceptors (Lipinski definition) is 6. The Labute approximate surface area is 186 Å². The number of morpholine rings is 1. The normalized spacial score (nSPS) is 17.5. The number of ether oxygens (including phenoxy) is 1. The summed E-state index contributed by atoms with van der Waals surface area (Å²) in [5.74, 6) is 1.42. The monoisotopic (exact) mass is 443 g/mol. The highest BCUT2D eigenvalue weighted by molar-refractivity contribution is 7.18. The summed E-state index contributed by atoms with van der Waals surface area (Å²) in [5, 5.41) is 4.29. The Morgan fingerprint density at radius 3 is 2.90 bits per heavy atom. The Balaban J connectivity index is 1.41. The third kappa shape index (κ3) is 4.56. The predicted molar refractivity (Wildman–Crippen MR) is 122 cm³/mol. The van der Waals surface area contributed by atoms with Crippen LogP contribution in [-0.4, -0.2) is 48.9 Å². The molecule has 0 amide bonds. The van der Waals surface area contributed by atoms with Crippen molar-refractivity contribution in [1.29, 1.82) is 0 Å². The molecule has 3 aromatic rings. The minimum Gasteiger partial charge on any atom is -0.467 e. The van der Waals surface area contributed by atoms with E-state index in [4.69, 9.17) is 14.1 Å². The molecule has 4 heterocycles. The summed E-state index contributed by atoms with van der Waals surface area (Å²) in [6.07, 6.45) is 8.34. The van der Waals surface area contributed by atoms with Gasteiger partial charge in [-0.1, -0.05) is 6.42 Å². The van der Waals surface area contributed by atoms with Gasteiger partial charge in [0.15, 0.2) is 0 Å². The largest absolute Gasteiger partial charge is 0.467 e. The second kappa shape index (κ2) is 9.54. The lowest BCUT2D eigenvalue weighted by atomic mass is 10.1. The van der Waals surface area contributed by atoms with Crippen molar-refractivity contribution in [3.63, 3.8) is 0 Å². The summed E-state index contributed by atoms with van der Waals surface area (Å²) in [5.41, 5.74) is 1.30. The van der Waals surface area contributed by atoms with Gasteiger partial charge in [0.05, 0.1) is 38.0 Å². The molecule has 1 fully saturated rings. The number of aryl methyl sites for hydroxylation is 2. The van der Waals surface area contributed by atoms with Gasteiger partial charge in [-0.2, -0.15) is 0 Å². The van der Waals surface area contributed by atoms with Gasteiger partial charge in [0.1, 0.15) is 23.7 Å². The molecule has 31 heavy (non-hydrogen) atoms. The van der Waals surface area contributed by atoms with Gasteiger partial charge in [0.25, 0.3) is 5.56 Å². The molecule has 5 rings (SSSR count). The highest BCUT2D eigenvalue weighted by Crippen LogP contribution is 2.33. The quantitative estimate of drug-likeness (QED) is 0.432. The number of thiophene rings is 1. The van der Waals surface area contributed by atoms with Crippen LogP contribution in [0.25, 0.3) is 10.2 Å². The maximum Gasteiger partial charge on any atom is 0.264 e. The average Bonchev–Trinajstić information content (AvgIpc) is 3.36. The van der Waals surface area contributed by atoms with Gasteiger partial charge in [0.2, 0.25) is 5.95 Å². The zero-order valence-corrected chi connectivity index (χ0v) is 18.8. The lowest BCUT2D eigenvalue weighted by Crippen LogP contribution is -3.14. The van der Waals surface area contributed by atoms with Gasteiger partial charge in [-0.25, -0.2) is 4.98 Å². The number of aromatic nitrogens is 2. The highest BCUT2D eigenvalue weighted by Gasteiger charge is 2.22. The number of nitrogens with one attached hydrogen (secondary N) is 2. The van der Waals surface area contributed by atoms with Crippen LogP contribution in [0.4, 0.5) is 5.95 Å². The number of fused-ring (bicyclic) bond motifs is 3. The van der Waals surface area contributed by atoms with Gasteiger partial charge in [-0.15, -0.1) is 11.3 Å². The number of furan rings is 1. The number of hydrogen-bond donors (Lipinski definition) is 2. The minimum atomic E-state index is 0.0575. The van der Waals surface area contributed by atoms with Crippen molar-refractivity contribution in [3.8, 4) is 0 Å². The molecule has 2 N–H and O–H groups in total. The van der Waals surface area contributed by atoms with Crippen LogP contribution in [0.2, 0.25) is 0 Å². The van der Waals surface area contributed by atoms with Gasteiger partial charge >= 0.3 is 0 Å². The molecule has 0 unspecified atom stereocenters. The molecule has 0 atom stereocenters. The molecule has 2 aliphatic rings. The third-order valence-corrected chi connectivity index (χ3v) is 7.59. The minimum absolute atomic E-state index is 0.0575. The summed E-state index contributed by atoms with van der Waals surface area (Å²) < 4.78 is 12.8. The van der Waals surface area contributed by atoms with Crippen LogP contribution in [0.15, 0.2) is 27.6 Å². The zero-order chi connectivity index (χ0) is 21.0. The Kier molecular flexibility index (Phi) is 6.38. The van der Waals surface area contributed by atoms with Crippen molar-refractivity contribution in [2.45, 2.75) is 45.1 Å². The van der Waals surface area contributed by atoms with Crippen molar-refractivity contribution < 1.29 is 14.1 Å². The van der Waals surface area contributed by atoms with E-state index >= 15 is 0 Å². The summed E-state index contributed by atoms with van der Waals surface area (Å²) in [6, 6.07) is 3.78. The molecular formula is C23H31N4O3S+. The first-order chi connectivity index (χ1) is 15.3. The summed E-state index contributed by atoms with van der Waals surface area (Å²) in [6.45, 7) is 6.16. The topological polar surface area (TPSA) is 73.7 Å². The Hall–Kier alpha value is -2.16. The predicted octanol–water partition coefficient (Wildman–Crippen LogP) is 2.09. The van der Waals surface area contributed by atoms with E-state index in [9.17, 15) is 4.79 Å². The molecule has 1 aliphatic carbocycles.